The summed E-state index contributed by atoms with van der Waals surface area (Å²) in [5.74, 6) is 0.318. The predicted molar refractivity (Wildman–Crippen MR) is 155 cm³/mol. The molecule has 0 N–H and O–H groups in total. The summed E-state index contributed by atoms with van der Waals surface area (Å²) in [7, 11) is -2.29. The third-order valence-electron chi connectivity index (χ3n) is 7.34. The molecular weight excluding hydrogens is 509 g/mol. The van der Waals surface area contributed by atoms with Crippen LogP contribution >= 0.6 is 0 Å². The number of rotatable bonds is 6. The van der Waals surface area contributed by atoms with E-state index in [0.717, 1.165) is 11.1 Å². The highest BCUT2D eigenvalue weighted by molar-refractivity contribution is 6.74. The number of amidine groups is 1. The summed E-state index contributed by atoms with van der Waals surface area (Å²) in [5.41, 5.74) is 3.53. The molecule has 0 saturated heterocycles. The number of aliphatic imine (C=N–C) groups is 2. The van der Waals surface area contributed by atoms with Gasteiger partial charge in [-0.15, -0.1) is 0 Å². The Morgan fingerprint density at radius 1 is 1.08 bits per heavy atom. The van der Waals surface area contributed by atoms with Crippen LogP contribution in [0.3, 0.4) is 0 Å². The summed E-state index contributed by atoms with van der Waals surface area (Å²) in [6, 6.07) is 16.6. The Balaban J connectivity index is 1.58. The lowest BCUT2D eigenvalue weighted by Crippen LogP contribution is -2.44. The SMILES string of the molecule is Cc1cccc(CC2=NC(c3cccc(O[Si](C)(C)C(C)(C)C)c3F)=CN3C(=O)/C(=C/c4ccco4)N=C23)c1. The molecule has 3 aromatic rings. The number of amides is 1. The van der Waals surface area contributed by atoms with Crippen molar-refractivity contribution in [2.45, 2.75) is 52.2 Å². The zero-order valence-electron chi connectivity index (χ0n) is 23.1. The van der Waals surface area contributed by atoms with Gasteiger partial charge >= 0.3 is 0 Å². The molecule has 8 heteroatoms. The molecule has 1 aromatic heterocycles. The molecule has 2 aliphatic rings. The molecule has 6 nitrogen and oxygen atoms in total. The van der Waals surface area contributed by atoms with E-state index in [2.05, 4.69) is 44.9 Å². The van der Waals surface area contributed by atoms with Gasteiger partial charge in [0.2, 0.25) is 0 Å². The average Bonchev–Trinajstić information content (AvgIpc) is 3.48. The first-order valence-corrected chi connectivity index (χ1v) is 15.8. The molecule has 2 aliphatic heterocycles. The summed E-state index contributed by atoms with van der Waals surface area (Å²) >= 11 is 0. The largest absolute Gasteiger partial charge is 0.542 e. The van der Waals surface area contributed by atoms with Gasteiger partial charge in [-0.25, -0.2) is 14.4 Å². The van der Waals surface area contributed by atoms with Crippen LogP contribution in [0, 0.1) is 12.7 Å². The van der Waals surface area contributed by atoms with Crippen molar-refractivity contribution in [2.75, 3.05) is 0 Å². The van der Waals surface area contributed by atoms with Gasteiger partial charge in [-0.2, -0.15) is 0 Å². The Bertz CT molecular complexity index is 1560. The minimum Gasteiger partial charge on any atom is -0.542 e. The van der Waals surface area contributed by atoms with Crippen molar-refractivity contribution in [1.82, 2.24) is 4.90 Å². The number of carbonyl (C=O) groups excluding carboxylic acids is 1. The summed E-state index contributed by atoms with van der Waals surface area (Å²) in [6.45, 7) is 12.5. The number of hydrogen-bond donors (Lipinski definition) is 0. The van der Waals surface area contributed by atoms with E-state index in [1.165, 1.54) is 11.2 Å². The van der Waals surface area contributed by atoms with Crippen LogP contribution in [-0.2, 0) is 11.2 Å². The highest BCUT2D eigenvalue weighted by Gasteiger charge is 2.40. The molecule has 0 saturated carbocycles. The van der Waals surface area contributed by atoms with Gasteiger partial charge in [0.1, 0.15) is 17.2 Å². The lowest BCUT2D eigenvalue weighted by molar-refractivity contribution is -0.120. The van der Waals surface area contributed by atoms with E-state index in [1.807, 2.05) is 25.1 Å². The van der Waals surface area contributed by atoms with Gasteiger partial charge in [-0.1, -0.05) is 56.7 Å². The first kappa shape index (κ1) is 26.6. The zero-order valence-corrected chi connectivity index (χ0v) is 24.1. The monoisotopic (exact) mass is 541 g/mol. The maximum atomic E-state index is 16.0. The standard InChI is InChI=1S/C31H32FN3O3Si/c1-20-10-7-11-21(16-20)17-24-29-34-25(18-22-12-9-15-37-22)30(36)35(29)19-26(33-24)23-13-8-14-27(28(23)32)38-39(5,6)31(2,3)4/h7-16,18-19H,17H2,1-6H3/b25-18-. The molecule has 0 bridgehead atoms. The first-order valence-electron chi connectivity index (χ1n) is 12.9. The number of halogens is 1. The van der Waals surface area contributed by atoms with Crippen LogP contribution in [0.5, 0.6) is 5.75 Å². The fourth-order valence-electron chi connectivity index (χ4n) is 4.19. The topological polar surface area (TPSA) is 67.4 Å². The average molecular weight is 542 g/mol. The normalized spacial score (nSPS) is 16.7. The summed E-state index contributed by atoms with van der Waals surface area (Å²) < 4.78 is 27.7. The molecule has 200 valence electrons. The maximum absolute atomic E-state index is 16.0. The highest BCUT2D eigenvalue weighted by Crippen LogP contribution is 2.39. The molecule has 0 aliphatic carbocycles. The van der Waals surface area contributed by atoms with Gasteiger partial charge < -0.3 is 8.84 Å². The molecule has 5 rings (SSSR count). The number of hydrogen-bond acceptors (Lipinski definition) is 5. The number of aryl methyl sites for hydroxylation is 1. The van der Waals surface area contributed by atoms with Crippen molar-refractivity contribution < 1.29 is 18.0 Å². The molecular formula is C31H32FN3O3Si. The molecule has 39 heavy (non-hydrogen) atoms. The van der Waals surface area contributed by atoms with Gasteiger partial charge in [0, 0.05) is 24.3 Å². The van der Waals surface area contributed by atoms with E-state index in [1.54, 1.807) is 42.6 Å². The van der Waals surface area contributed by atoms with E-state index in [9.17, 15) is 4.79 Å². The van der Waals surface area contributed by atoms with Crippen molar-refractivity contribution in [3.63, 3.8) is 0 Å². The van der Waals surface area contributed by atoms with Gasteiger partial charge in [0.25, 0.3) is 14.2 Å². The van der Waals surface area contributed by atoms with Crippen LogP contribution in [0.15, 0.2) is 87.2 Å². The Labute approximate surface area is 229 Å². The van der Waals surface area contributed by atoms with Crippen molar-refractivity contribution in [3.05, 3.63) is 101 Å². The lowest BCUT2D eigenvalue weighted by Gasteiger charge is -2.36. The number of furan rings is 1. The maximum Gasteiger partial charge on any atom is 0.282 e. The van der Waals surface area contributed by atoms with E-state index < -0.39 is 14.1 Å². The second kappa shape index (κ2) is 9.93. The number of carbonyl (C=O) groups is 1. The van der Waals surface area contributed by atoms with Crippen LogP contribution in [-0.4, -0.2) is 30.7 Å². The Morgan fingerprint density at radius 2 is 1.85 bits per heavy atom. The van der Waals surface area contributed by atoms with Crippen molar-refractivity contribution in [3.8, 4) is 5.75 Å². The molecule has 0 unspecified atom stereocenters. The smallest absolute Gasteiger partial charge is 0.282 e. The molecule has 1 amide bonds. The van der Waals surface area contributed by atoms with E-state index in [-0.39, 0.29) is 28.0 Å². The predicted octanol–water partition coefficient (Wildman–Crippen LogP) is 7.39. The van der Waals surface area contributed by atoms with Gasteiger partial charge in [-0.3, -0.25) is 9.69 Å². The summed E-state index contributed by atoms with van der Waals surface area (Å²) in [6.07, 6.45) is 5.12. The second-order valence-corrected chi connectivity index (χ2v) is 16.1. The molecule has 0 fully saturated rings. The molecule has 0 spiro atoms. The van der Waals surface area contributed by atoms with Crippen LogP contribution in [0.4, 0.5) is 4.39 Å². The zero-order chi connectivity index (χ0) is 27.9. The van der Waals surface area contributed by atoms with E-state index >= 15 is 4.39 Å². The number of fused-ring (bicyclic) bond motifs is 1. The van der Waals surface area contributed by atoms with Crippen molar-refractivity contribution in [2.24, 2.45) is 9.98 Å². The Morgan fingerprint density at radius 3 is 2.54 bits per heavy atom. The third-order valence-corrected chi connectivity index (χ3v) is 11.7. The quantitative estimate of drug-likeness (QED) is 0.241. The van der Waals surface area contributed by atoms with Crippen LogP contribution < -0.4 is 4.43 Å². The fraction of sp³-hybridized carbons (Fsp3) is 0.258. The van der Waals surface area contributed by atoms with Crippen LogP contribution in [0.2, 0.25) is 18.1 Å². The van der Waals surface area contributed by atoms with Crippen molar-refractivity contribution >= 4 is 37.5 Å². The molecule has 2 aromatic carbocycles. The highest BCUT2D eigenvalue weighted by atomic mass is 28.4. The first-order chi connectivity index (χ1) is 18.4. The van der Waals surface area contributed by atoms with E-state index in [4.69, 9.17) is 13.8 Å². The second-order valence-electron chi connectivity index (χ2n) is 11.4. The third kappa shape index (κ3) is 5.29. The van der Waals surface area contributed by atoms with E-state index in [0.29, 0.717) is 29.4 Å². The molecule has 3 heterocycles. The van der Waals surface area contributed by atoms with Crippen molar-refractivity contribution in [1.29, 1.82) is 0 Å². The Hall–Kier alpha value is -4.04. The lowest BCUT2D eigenvalue weighted by atomic mass is 10.0. The number of nitrogens with zero attached hydrogens (tertiary/aromatic N) is 3. The Kier molecular flexibility index (Phi) is 6.76. The van der Waals surface area contributed by atoms with Crippen LogP contribution in [0.25, 0.3) is 11.8 Å². The summed E-state index contributed by atoms with van der Waals surface area (Å²) in [5, 5.41) is -0.0945. The van der Waals surface area contributed by atoms with Gasteiger partial charge in [0.05, 0.1) is 17.7 Å². The van der Waals surface area contributed by atoms with Gasteiger partial charge in [-0.05, 0) is 54.9 Å². The molecule has 0 atom stereocenters. The number of benzene rings is 2. The minimum absolute atomic E-state index is 0.0945. The molecule has 0 radical (unpaired) electrons. The van der Waals surface area contributed by atoms with Gasteiger partial charge in [0.15, 0.2) is 11.7 Å². The fourth-order valence-corrected chi connectivity index (χ4v) is 5.20. The summed E-state index contributed by atoms with van der Waals surface area (Å²) in [4.78, 5) is 24.3. The minimum atomic E-state index is -2.29. The van der Waals surface area contributed by atoms with Crippen LogP contribution in [0.1, 0.15) is 43.2 Å².